The molecule has 0 heterocycles. The molecule has 2 nitrogen and oxygen atoms in total. The summed E-state index contributed by atoms with van der Waals surface area (Å²) in [6.07, 6.45) is 1.06. The molecule has 0 amide bonds. The van der Waals surface area contributed by atoms with Gasteiger partial charge in [0, 0.05) is 6.54 Å². The first kappa shape index (κ1) is 15.8. The second kappa shape index (κ2) is 7.43. The maximum Gasteiger partial charge on any atom is 0.137 e. The van der Waals surface area contributed by atoms with E-state index in [0.717, 1.165) is 29.7 Å². The van der Waals surface area contributed by atoms with Crippen LogP contribution in [0, 0.1) is 5.82 Å². The molecule has 0 saturated heterocycles. The van der Waals surface area contributed by atoms with E-state index in [1.807, 2.05) is 12.1 Å². The van der Waals surface area contributed by atoms with Crippen molar-refractivity contribution >= 4 is 11.6 Å². The summed E-state index contributed by atoms with van der Waals surface area (Å²) in [5.74, 6) is 0.360. The Bertz CT molecular complexity index is 616. The number of ether oxygens (including phenoxy) is 1. The molecule has 0 radical (unpaired) electrons. The minimum Gasteiger partial charge on any atom is -0.495 e. The minimum atomic E-state index is -0.254. The third-order valence-electron chi connectivity index (χ3n) is 3.28. The molecule has 0 aliphatic rings. The van der Waals surface area contributed by atoms with E-state index in [1.54, 1.807) is 25.3 Å². The van der Waals surface area contributed by atoms with Gasteiger partial charge in [0.1, 0.15) is 11.6 Å². The molecule has 0 unspecified atom stereocenters. The second-order valence-electron chi connectivity index (χ2n) is 4.83. The van der Waals surface area contributed by atoms with Gasteiger partial charge in [-0.05, 0) is 53.9 Å². The predicted octanol–water partition coefficient (Wildman–Crippen LogP) is 4.65. The van der Waals surface area contributed by atoms with Crippen LogP contribution in [0.5, 0.6) is 5.75 Å². The van der Waals surface area contributed by atoms with Crippen LogP contribution in [-0.4, -0.2) is 13.7 Å². The van der Waals surface area contributed by atoms with Gasteiger partial charge < -0.3 is 10.1 Å². The standard InChI is InChI=1S/C17H19ClFNO/c1-3-8-20-11-13-4-6-14(19)10-15(13)12-5-7-17(21-2)16(18)9-12/h4-7,9-10,20H,3,8,11H2,1-2H3. The molecule has 21 heavy (non-hydrogen) atoms. The number of methoxy groups -OCH3 is 1. The molecule has 0 aliphatic carbocycles. The van der Waals surface area contributed by atoms with Crippen LogP contribution in [0.25, 0.3) is 11.1 Å². The number of hydrogen-bond acceptors (Lipinski definition) is 2. The highest BCUT2D eigenvalue weighted by Gasteiger charge is 2.09. The molecule has 0 saturated carbocycles. The first-order valence-corrected chi connectivity index (χ1v) is 7.36. The van der Waals surface area contributed by atoms with Gasteiger partial charge in [-0.1, -0.05) is 30.7 Å². The Morgan fingerprint density at radius 3 is 2.67 bits per heavy atom. The van der Waals surface area contributed by atoms with Crippen LogP contribution in [0.1, 0.15) is 18.9 Å². The Morgan fingerprint density at radius 1 is 1.19 bits per heavy atom. The fourth-order valence-electron chi connectivity index (χ4n) is 2.21. The number of nitrogens with one attached hydrogen (secondary N) is 1. The van der Waals surface area contributed by atoms with Gasteiger partial charge >= 0.3 is 0 Å². The fraction of sp³-hybridized carbons (Fsp3) is 0.294. The molecule has 1 N–H and O–H groups in total. The van der Waals surface area contributed by atoms with E-state index in [1.165, 1.54) is 6.07 Å². The summed E-state index contributed by atoms with van der Waals surface area (Å²) in [7, 11) is 1.57. The zero-order valence-corrected chi connectivity index (χ0v) is 13.0. The molecule has 4 heteroatoms. The topological polar surface area (TPSA) is 21.3 Å². The van der Waals surface area contributed by atoms with E-state index in [4.69, 9.17) is 16.3 Å². The molecule has 0 atom stereocenters. The smallest absolute Gasteiger partial charge is 0.137 e. The van der Waals surface area contributed by atoms with Crippen LogP contribution in [0.3, 0.4) is 0 Å². The van der Waals surface area contributed by atoms with Crippen molar-refractivity contribution in [3.63, 3.8) is 0 Å². The Morgan fingerprint density at radius 2 is 2.00 bits per heavy atom. The predicted molar refractivity (Wildman–Crippen MR) is 85.4 cm³/mol. The Labute approximate surface area is 129 Å². The van der Waals surface area contributed by atoms with Crippen molar-refractivity contribution in [3.8, 4) is 16.9 Å². The van der Waals surface area contributed by atoms with Crippen LogP contribution < -0.4 is 10.1 Å². The van der Waals surface area contributed by atoms with Gasteiger partial charge in [0.2, 0.25) is 0 Å². The molecule has 0 aromatic heterocycles. The van der Waals surface area contributed by atoms with Crippen LogP contribution in [0.15, 0.2) is 36.4 Å². The highest BCUT2D eigenvalue weighted by molar-refractivity contribution is 6.32. The van der Waals surface area contributed by atoms with E-state index in [2.05, 4.69) is 12.2 Å². The van der Waals surface area contributed by atoms with Crippen molar-refractivity contribution in [2.45, 2.75) is 19.9 Å². The summed E-state index contributed by atoms with van der Waals surface area (Å²) in [4.78, 5) is 0. The lowest BCUT2D eigenvalue weighted by molar-refractivity contribution is 0.415. The largest absolute Gasteiger partial charge is 0.495 e. The molecule has 0 spiro atoms. The van der Waals surface area contributed by atoms with Crippen molar-refractivity contribution < 1.29 is 9.13 Å². The number of rotatable bonds is 6. The highest BCUT2D eigenvalue weighted by Crippen LogP contribution is 2.32. The molecular formula is C17H19ClFNO. The molecular weight excluding hydrogens is 289 g/mol. The van der Waals surface area contributed by atoms with Gasteiger partial charge in [-0.3, -0.25) is 0 Å². The Kier molecular flexibility index (Phi) is 5.59. The van der Waals surface area contributed by atoms with E-state index in [9.17, 15) is 4.39 Å². The number of hydrogen-bond donors (Lipinski definition) is 1. The minimum absolute atomic E-state index is 0.254. The van der Waals surface area contributed by atoms with Crippen molar-refractivity contribution in [3.05, 3.63) is 52.8 Å². The lowest BCUT2D eigenvalue weighted by atomic mass is 9.99. The second-order valence-corrected chi connectivity index (χ2v) is 5.23. The normalized spacial score (nSPS) is 10.7. The van der Waals surface area contributed by atoms with Crippen LogP contribution in [0.2, 0.25) is 5.02 Å². The van der Waals surface area contributed by atoms with Gasteiger partial charge in [-0.2, -0.15) is 0 Å². The Hall–Kier alpha value is -1.58. The molecule has 2 rings (SSSR count). The average molecular weight is 308 g/mol. The number of halogens is 2. The van der Waals surface area contributed by atoms with Crippen LogP contribution >= 0.6 is 11.6 Å². The summed E-state index contributed by atoms with van der Waals surface area (Å²) >= 11 is 6.16. The maximum absolute atomic E-state index is 13.6. The fourth-order valence-corrected chi connectivity index (χ4v) is 2.46. The third-order valence-corrected chi connectivity index (χ3v) is 3.57. The average Bonchev–Trinajstić information content (AvgIpc) is 2.49. The third kappa shape index (κ3) is 3.96. The van der Waals surface area contributed by atoms with Gasteiger partial charge in [0.15, 0.2) is 0 Å². The first-order valence-electron chi connectivity index (χ1n) is 6.98. The summed E-state index contributed by atoms with van der Waals surface area (Å²) in [5.41, 5.74) is 2.78. The maximum atomic E-state index is 13.6. The summed E-state index contributed by atoms with van der Waals surface area (Å²) in [6.45, 7) is 3.75. The van der Waals surface area contributed by atoms with Crippen molar-refractivity contribution in [2.75, 3.05) is 13.7 Å². The summed E-state index contributed by atoms with van der Waals surface area (Å²) in [6, 6.07) is 10.3. The first-order chi connectivity index (χ1) is 10.2. The van der Waals surface area contributed by atoms with E-state index >= 15 is 0 Å². The van der Waals surface area contributed by atoms with Gasteiger partial charge in [0.05, 0.1) is 12.1 Å². The SMILES string of the molecule is CCCNCc1ccc(F)cc1-c1ccc(OC)c(Cl)c1. The van der Waals surface area contributed by atoms with Gasteiger partial charge in [0.25, 0.3) is 0 Å². The lowest BCUT2D eigenvalue weighted by Gasteiger charge is -2.12. The molecule has 0 fully saturated rings. The molecule has 0 aliphatic heterocycles. The molecule has 112 valence electrons. The zero-order chi connectivity index (χ0) is 15.2. The van der Waals surface area contributed by atoms with Gasteiger partial charge in [-0.15, -0.1) is 0 Å². The monoisotopic (exact) mass is 307 g/mol. The molecule has 2 aromatic rings. The van der Waals surface area contributed by atoms with Crippen molar-refractivity contribution in [2.24, 2.45) is 0 Å². The Balaban J connectivity index is 2.36. The van der Waals surface area contributed by atoms with Crippen LogP contribution in [-0.2, 0) is 6.54 Å². The molecule has 0 bridgehead atoms. The van der Waals surface area contributed by atoms with E-state index < -0.39 is 0 Å². The van der Waals surface area contributed by atoms with Crippen LogP contribution in [0.4, 0.5) is 4.39 Å². The lowest BCUT2D eigenvalue weighted by Crippen LogP contribution is -2.14. The van der Waals surface area contributed by atoms with Crippen molar-refractivity contribution in [1.82, 2.24) is 5.32 Å². The van der Waals surface area contributed by atoms with E-state index in [-0.39, 0.29) is 5.82 Å². The van der Waals surface area contributed by atoms with E-state index in [0.29, 0.717) is 17.3 Å². The highest BCUT2D eigenvalue weighted by atomic mass is 35.5. The number of benzene rings is 2. The van der Waals surface area contributed by atoms with Gasteiger partial charge in [-0.25, -0.2) is 4.39 Å². The summed E-state index contributed by atoms with van der Waals surface area (Å²) < 4.78 is 18.7. The summed E-state index contributed by atoms with van der Waals surface area (Å²) in [5, 5.41) is 3.86. The quantitative estimate of drug-likeness (QED) is 0.784. The van der Waals surface area contributed by atoms with Crippen molar-refractivity contribution in [1.29, 1.82) is 0 Å². The molecule has 2 aromatic carbocycles. The zero-order valence-electron chi connectivity index (χ0n) is 12.2.